The molecule has 4 nitrogen and oxygen atoms in total. The van der Waals surface area contributed by atoms with Gasteiger partial charge in [-0.2, -0.15) is 0 Å². The van der Waals surface area contributed by atoms with Gasteiger partial charge >= 0.3 is 0 Å². The molecule has 0 saturated heterocycles. The lowest BCUT2D eigenvalue weighted by molar-refractivity contribution is 0.103. The van der Waals surface area contributed by atoms with Gasteiger partial charge in [0.15, 0.2) is 11.6 Å². The molecule has 0 aliphatic carbocycles. The van der Waals surface area contributed by atoms with Gasteiger partial charge in [0.1, 0.15) is 11.5 Å². The summed E-state index contributed by atoms with van der Waals surface area (Å²) < 4.78 is 11.9. The molecule has 0 aliphatic heterocycles. The number of allylic oxidation sites excluding steroid dienone is 2. The van der Waals surface area contributed by atoms with Gasteiger partial charge in [0.2, 0.25) is 0 Å². The van der Waals surface area contributed by atoms with E-state index in [9.17, 15) is 9.59 Å². The van der Waals surface area contributed by atoms with E-state index >= 15 is 0 Å². The molecule has 0 amide bonds. The second kappa shape index (κ2) is 14.1. The van der Waals surface area contributed by atoms with Crippen LogP contribution in [0.1, 0.15) is 44.7 Å². The minimum atomic E-state index is -0.102. The van der Waals surface area contributed by atoms with E-state index < -0.39 is 0 Å². The van der Waals surface area contributed by atoms with Crippen LogP contribution in [0.2, 0.25) is 0 Å². The van der Waals surface area contributed by atoms with Crippen molar-refractivity contribution in [2.24, 2.45) is 0 Å². The van der Waals surface area contributed by atoms with Crippen molar-refractivity contribution in [2.45, 2.75) is 12.8 Å². The zero-order chi connectivity index (χ0) is 26.4. The van der Waals surface area contributed by atoms with Crippen molar-refractivity contribution in [3.05, 3.63) is 144 Å². The highest BCUT2D eigenvalue weighted by Gasteiger charge is 2.11. The number of carbonyl (C=O) groups is 2. The third kappa shape index (κ3) is 7.90. The first-order valence-electron chi connectivity index (χ1n) is 12.7. The molecule has 0 heterocycles. The topological polar surface area (TPSA) is 52.6 Å². The molecule has 4 aromatic rings. The Morgan fingerprint density at radius 3 is 1.29 bits per heavy atom. The molecule has 0 saturated carbocycles. The number of hydrogen-bond acceptors (Lipinski definition) is 4. The Balaban J connectivity index is 1.25. The molecular weight excluding hydrogens is 472 g/mol. The lowest BCUT2D eigenvalue weighted by atomic mass is 10.1. The van der Waals surface area contributed by atoms with E-state index in [2.05, 4.69) is 0 Å². The monoisotopic (exact) mass is 502 g/mol. The molecule has 0 N–H and O–H groups in total. The molecule has 38 heavy (non-hydrogen) atoms. The Kier molecular flexibility index (Phi) is 9.81. The second-order valence-electron chi connectivity index (χ2n) is 8.61. The minimum Gasteiger partial charge on any atom is -0.493 e. The molecule has 190 valence electrons. The summed E-state index contributed by atoms with van der Waals surface area (Å²) in [6.07, 6.45) is 8.23. The summed E-state index contributed by atoms with van der Waals surface area (Å²) in [6.45, 7) is 0.910. The second-order valence-corrected chi connectivity index (χ2v) is 8.61. The van der Waals surface area contributed by atoms with Crippen LogP contribution in [0.5, 0.6) is 11.5 Å². The Bertz CT molecular complexity index is 1280. The highest BCUT2D eigenvalue weighted by molar-refractivity contribution is 6.09. The average Bonchev–Trinajstić information content (AvgIpc) is 2.98. The van der Waals surface area contributed by atoms with Crippen LogP contribution in [0.25, 0.3) is 12.2 Å². The fraction of sp³-hybridized carbons (Fsp3) is 0.118. The summed E-state index contributed by atoms with van der Waals surface area (Å²) in [7, 11) is 0. The normalized spacial score (nSPS) is 11.1. The predicted molar refractivity (Wildman–Crippen MR) is 153 cm³/mol. The van der Waals surface area contributed by atoms with E-state index in [0.29, 0.717) is 35.8 Å². The van der Waals surface area contributed by atoms with Crippen molar-refractivity contribution < 1.29 is 19.1 Å². The van der Waals surface area contributed by atoms with E-state index in [1.165, 1.54) is 0 Å². The number of hydrogen-bond donors (Lipinski definition) is 0. The molecular formula is C34H30O4. The molecule has 0 unspecified atom stereocenters. The molecule has 4 aromatic carbocycles. The van der Waals surface area contributed by atoms with Gasteiger partial charge < -0.3 is 9.47 Å². The van der Waals surface area contributed by atoms with Crippen LogP contribution >= 0.6 is 0 Å². The third-order valence-corrected chi connectivity index (χ3v) is 5.81. The van der Waals surface area contributed by atoms with E-state index in [4.69, 9.17) is 9.47 Å². The highest BCUT2D eigenvalue weighted by Crippen LogP contribution is 2.21. The van der Waals surface area contributed by atoms with Crippen molar-refractivity contribution >= 4 is 23.7 Å². The van der Waals surface area contributed by atoms with Crippen LogP contribution in [0, 0.1) is 0 Å². The fourth-order valence-electron chi connectivity index (χ4n) is 3.81. The first kappa shape index (κ1) is 26.4. The zero-order valence-electron chi connectivity index (χ0n) is 21.2. The maximum Gasteiger partial charge on any atom is 0.189 e. The summed E-state index contributed by atoms with van der Waals surface area (Å²) >= 11 is 0. The Morgan fingerprint density at radius 2 is 0.868 bits per heavy atom. The van der Waals surface area contributed by atoms with Gasteiger partial charge in [-0.1, -0.05) is 97.1 Å². The fourth-order valence-corrected chi connectivity index (χ4v) is 3.81. The van der Waals surface area contributed by atoms with E-state index in [1.807, 2.05) is 97.1 Å². The van der Waals surface area contributed by atoms with Crippen LogP contribution in [-0.4, -0.2) is 24.8 Å². The predicted octanol–water partition coefficient (Wildman–Crippen LogP) is 7.72. The van der Waals surface area contributed by atoms with E-state index in [-0.39, 0.29) is 11.6 Å². The highest BCUT2D eigenvalue weighted by atomic mass is 16.5. The Morgan fingerprint density at radius 1 is 0.500 bits per heavy atom. The summed E-state index contributed by atoms with van der Waals surface area (Å²) in [5.41, 5.74) is 3.00. The number of rotatable bonds is 13. The molecule has 4 heteroatoms. The first-order valence-corrected chi connectivity index (χ1v) is 12.7. The molecule has 0 spiro atoms. The SMILES string of the molecule is O=C(/C=C/c1ccccc1)c1ccccc1OCCCCOc1ccccc1C(=O)/C=C/c1ccccc1. The van der Waals surface area contributed by atoms with Crippen LogP contribution < -0.4 is 9.47 Å². The summed E-state index contributed by atoms with van der Waals surface area (Å²) in [5, 5.41) is 0. The number of ether oxygens (including phenoxy) is 2. The standard InChI is InChI=1S/C34H30O4/c35-31(23-21-27-13-3-1-4-14-27)29-17-7-9-19-33(29)37-25-11-12-26-38-34-20-10-8-18-30(34)32(36)24-22-28-15-5-2-6-16-28/h1-10,13-24H,11-12,25-26H2/b23-21+,24-22+. The lowest BCUT2D eigenvalue weighted by Gasteiger charge is -2.11. The van der Waals surface area contributed by atoms with Gasteiger partial charge in [-0.15, -0.1) is 0 Å². The Labute approximate surface area is 223 Å². The van der Waals surface area contributed by atoms with Crippen molar-refractivity contribution in [1.82, 2.24) is 0 Å². The largest absolute Gasteiger partial charge is 0.493 e. The third-order valence-electron chi connectivity index (χ3n) is 5.81. The molecule has 0 fully saturated rings. The Hall–Kier alpha value is -4.70. The van der Waals surface area contributed by atoms with Gasteiger partial charge in [0, 0.05) is 0 Å². The number of benzene rings is 4. The van der Waals surface area contributed by atoms with Crippen LogP contribution in [0.3, 0.4) is 0 Å². The number of ketones is 2. The van der Waals surface area contributed by atoms with Gasteiger partial charge in [0.25, 0.3) is 0 Å². The van der Waals surface area contributed by atoms with E-state index in [1.54, 1.807) is 36.4 Å². The smallest absolute Gasteiger partial charge is 0.189 e. The van der Waals surface area contributed by atoms with Gasteiger partial charge in [0.05, 0.1) is 24.3 Å². The lowest BCUT2D eigenvalue weighted by Crippen LogP contribution is -2.07. The first-order chi connectivity index (χ1) is 18.7. The molecule has 0 bridgehead atoms. The summed E-state index contributed by atoms with van der Waals surface area (Å²) in [5.74, 6) is 0.931. The van der Waals surface area contributed by atoms with Gasteiger partial charge in [-0.3, -0.25) is 9.59 Å². The maximum absolute atomic E-state index is 12.7. The average molecular weight is 503 g/mol. The molecule has 0 aromatic heterocycles. The van der Waals surface area contributed by atoms with Gasteiger partial charge in [-0.05, 0) is 60.4 Å². The number of unbranched alkanes of at least 4 members (excludes halogenated alkanes) is 1. The number of para-hydroxylation sites is 2. The van der Waals surface area contributed by atoms with Crippen LogP contribution in [-0.2, 0) is 0 Å². The van der Waals surface area contributed by atoms with Crippen molar-refractivity contribution in [3.63, 3.8) is 0 Å². The van der Waals surface area contributed by atoms with Gasteiger partial charge in [-0.25, -0.2) is 0 Å². The van der Waals surface area contributed by atoms with E-state index in [0.717, 1.165) is 24.0 Å². The number of carbonyl (C=O) groups excluding carboxylic acids is 2. The van der Waals surface area contributed by atoms with Crippen molar-refractivity contribution in [2.75, 3.05) is 13.2 Å². The van der Waals surface area contributed by atoms with Crippen LogP contribution in [0.15, 0.2) is 121 Å². The molecule has 0 aliphatic rings. The maximum atomic E-state index is 12.7. The zero-order valence-corrected chi connectivity index (χ0v) is 21.2. The summed E-state index contributed by atoms with van der Waals surface area (Å²) in [6, 6.07) is 34.0. The van der Waals surface area contributed by atoms with Crippen LogP contribution in [0.4, 0.5) is 0 Å². The molecule has 4 rings (SSSR count). The quantitative estimate of drug-likeness (QED) is 0.107. The van der Waals surface area contributed by atoms with Crippen molar-refractivity contribution in [1.29, 1.82) is 0 Å². The molecule has 0 atom stereocenters. The minimum absolute atomic E-state index is 0.102. The molecule has 0 radical (unpaired) electrons. The van der Waals surface area contributed by atoms with Crippen molar-refractivity contribution in [3.8, 4) is 11.5 Å². The summed E-state index contributed by atoms with van der Waals surface area (Å²) in [4.78, 5) is 25.5.